The minimum absolute atomic E-state index is 0.330. The van der Waals surface area contributed by atoms with Crippen LogP contribution in [0.1, 0.15) is 5.56 Å². The van der Waals surface area contributed by atoms with Crippen molar-refractivity contribution in [3.05, 3.63) is 53.3 Å². The SMILES string of the molecule is O=C(C=Cc1ccccc1F)Nc1nccs1. The van der Waals surface area contributed by atoms with Crippen molar-refractivity contribution in [2.75, 3.05) is 5.32 Å². The molecule has 1 aromatic carbocycles. The van der Waals surface area contributed by atoms with E-state index in [1.165, 1.54) is 29.6 Å². The molecule has 0 spiro atoms. The van der Waals surface area contributed by atoms with E-state index < -0.39 is 0 Å². The van der Waals surface area contributed by atoms with Crippen molar-refractivity contribution in [2.45, 2.75) is 0 Å². The molecule has 0 atom stereocenters. The van der Waals surface area contributed by atoms with E-state index >= 15 is 0 Å². The van der Waals surface area contributed by atoms with Crippen LogP contribution in [0.4, 0.5) is 9.52 Å². The number of carbonyl (C=O) groups is 1. The topological polar surface area (TPSA) is 42.0 Å². The molecule has 0 bridgehead atoms. The molecule has 0 saturated carbocycles. The molecule has 1 N–H and O–H groups in total. The molecule has 0 aliphatic heterocycles. The molecule has 0 aliphatic rings. The summed E-state index contributed by atoms with van der Waals surface area (Å²) >= 11 is 1.33. The molecule has 0 aliphatic carbocycles. The molecule has 2 rings (SSSR count). The number of thiazole rings is 1. The number of carbonyl (C=O) groups excluding carboxylic acids is 1. The fraction of sp³-hybridized carbons (Fsp3) is 0. The van der Waals surface area contributed by atoms with Gasteiger partial charge in [0.25, 0.3) is 0 Å². The Morgan fingerprint density at radius 2 is 2.24 bits per heavy atom. The minimum Gasteiger partial charge on any atom is -0.298 e. The van der Waals surface area contributed by atoms with Crippen LogP contribution in [0, 0.1) is 5.82 Å². The number of nitrogens with zero attached hydrogens (tertiary/aromatic N) is 1. The van der Waals surface area contributed by atoms with Crippen molar-refractivity contribution >= 4 is 28.5 Å². The van der Waals surface area contributed by atoms with E-state index in [-0.39, 0.29) is 11.7 Å². The average molecular weight is 248 g/mol. The van der Waals surface area contributed by atoms with Crippen LogP contribution in [-0.4, -0.2) is 10.9 Å². The summed E-state index contributed by atoms with van der Waals surface area (Å²) in [4.78, 5) is 15.3. The van der Waals surface area contributed by atoms with E-state index in [2.05, 4.69) is 10.3 Å². The van der Waals surface area contributed by atoms with E-state index in [1.807, 2.05) is 0 Å². The number of anilines is 1. The van der Waals surface area contributed by atoms with Crippen molar-refractivity contribution in [1.82, 2.24) is 4.98 Å². The Kier molecular flexibility index (Phi) is 3.62. The molecule has 5 heteroatoms. The maximum atomic E-state index is 13.2. The molecule has 2 aromatic rings. The average Bonchev–Trinajstić information content (AvgIpc) is 2.81. The number of amides is 1. The number of hydrogen-bond acceptors (Lipinski definition) is 3. The zero-order valence-electron chi connectivity index (χ0n) is 8.76. The highest BCUT2D eigenvalue weighted by molar-refractivity contribution is 7.13. The first-order valence-electron chi connectivity index (χ1n) is 4.89. The van der Waals surface area contributed by atoms with Crippen molar-refractivity contribution in [2.24, 2.45) is 0 Å². The largest absolute Gasteiger partial charge is 0.298 e. The first-order chi connectivity index (χ1) is 8.25. The first-order valence-corrected chi connectivity index (χ1v) is 5.77. The third-order valence-electron chi connectivity index (χ3n) is 1.98. The Labute approximate surface area is 102 Å². The molecule has 0 unspecified atom stereocenters. The summed E-state index contributed by atoms with van der Waals surface area (Å²) in [5.74, 6) is -0.686. The second kappa shape index (κ2) is 5.36. The van der Waals surface area contributed by atoms with Gasteiger partial charge in [0.2, 0.25) is 5.91 Å². The standard InChI is InChI=1S/C12H9FN2OS/c13-10-4-2-1-3-9(10)5-6-11(16)15-12-14-7-8-17-12/h1-8H,(H,14,15,16). The summed E-state index contributed by atoms with van der Waals surface area (Å²) in [6, 6.07) is 6.25. The smallest absolute Gasteiger partial charge is 0.250 e. The van der Waals surface area contributed by atoms with Gasteiger partial charge in [0.05, 0.1) is 0 Å². The summed E-state index contributed by atoms with van der Waals surface area (Å²) in [6.45, 7) is 0. The summed E-state index contributed by atoms with van der Waals surface area (Å²) in [5.41, 5.74) is 0.377. The lowest BCUT2D eigenvalue weighted by atomic mass is 10.2. The molecule has 17 heavy (non-hydrogen) atoms. The van der Waals surface area contributed by atoms with Crippen molar-refractivity contribution in [1.29, 1.82) is 0 Å². The number of rotatable bonds is 3. The highest BCUT2D eigenvalue weighted by Crippen LogP contribution is 2.11. The third kappa shape index (κ3) is 3.22. The second-order valence-corrected chi connectivity index (χ2v) is 4.08. The Balaban J connectivity index is 2.01. The molecule has 0 saturated heterocycles. The molecule has 0 fully saturated rings. The van der Waals surface area contributed by atoms with E-state index in [1.54, 1.807) is 29.8 Å². The van der Waals surface area contributed by atoms with E-state index in [0.29, 0.717) is 10.7 Å². The Hall–Kier alpha value is -2.01. The minimum atomic E-state index is -0.356. The number of nitrogens with one attached hydrogen (secondary N) is 1. The van der Waals surface area contributed by atoms with Gasteiger partial charge in [0, 0.05) is 23.2 Å². The molecule has 1 aromatic heterocycles. The van der Waals surface area contributed by atoms with Crippen LogP contribution in [0.15, 0.2) is 41.9 Å². The quantitative estimate of drug-likeness (QED) is 0.848. The summed E-state index contributed by atoms with van der Waals surface area (Å²) in [5, 5.41) is 4.85. The highest BCUT2D eigenvalue weighted by atomic mass is 32.1. The lowest BCUT2D eigenvalue weighted by Gasteiger charge is -1.96. The zero-order chi connectivity index (χ0) is 12.1. The van der Waals surface area contributed by atoms with Crippen LogP contribution >= 0.6 is 11.3 Å². The number of aromatic nitrogens is 1. The van der Waals surface area contributed by atoms with Gasteiger partial charge in [-0.25, -0.2) is 9.37 Å². The number of benzene rings is 1. The molecular formula is C12H9FN2OS. The van der Waals surface area contributed by atoms with E-state index in [9.17, 15) is 9.18 Å². The highest BCUT2D eigenvalue weighted by Gasteiger charge is 2.00. The molecule has 1 amide bonds. The van der Waals surface area contributed by atoms with Gasteiger partial charge in [-0.15, -0.1) is 11.3 Å². The van der Waals surface area contributed by atoms with Crippen LogP contribution in [0.2, 0.25) is 0 Å². The van der Waals surface area contributed by atoms with Gasteiger partial charge in [0.15, 0.2) is 5.13 Å². The summed E-state index contributed by atoms with van der Waals surface area (Å²) in [7, 11) is 0. The maximum absolute atomic E-state index is 13.2. The van der Waals surface area contributed by atoms with Crippen LogP contribution in [0.3, 0.4) is 0 Å². The Morgan fingerprint density at radius 3 is 2.94 bits per heavy atom. The monoisotopic (exact) mass is 248 g/mol. The predicted molar refractivity (Wildman–Crippen MR) is 66.2 cm³/mol. The molecule has 0 radical (unpaired) electrons. The first kappa shape index (κ1) is 11.5. The van der Waals surface area contributed by atoms with Crippen LogP contribution in [-0.2, 0) is 4.79 Å². The third-order valence-corrected chi connectivity index (χ3v) is 2.67. The number of halogens is 1. The molecule has 1 heterocycles. The lowest BCUT2D eigenvalue weighted by Crippen LogP contribution is -2.07. The normalized spacial score (nSPS) is 10.6. The predicted octanol–water partition coefficient (Wildman–Crippen LogP) is 2.93. The summed E-state index contributed by atoms with van der Waals surface area (Å²) in [6.07, 6.45) is 4.30. The molecular weight excluding hydrogens is 239 g/mol. The van der Waals surface area contributed by atoms with Gasteiger partial charge in [-0.3, -0.25) is 10.1 Å². The van der Waals surface area contributed by atoms with Gasteiger partial charge in [-0.05, 0) is 12.1 Å². The second-order valence-electron chi connectivity index (χ2n) is 3.18. The van der Waals surface area contributed by atoms with Gasteiger partial charge >= 0.3 is 0 Å². The zero-order valence-corrected chi connectivity index (χ0v) is 9.58. The summed E-state index contributed by atoms with van der Waals surface area (Å²) < 4.78 is 13.2. The van der Waals surface area contributed by atoms with E-state index in [0.717, 1.165) is 0 Å². The fourth-order valence-corrected chi connectivity index (χ4v) is 1.74. The Morgan fingerprint density at radius 1 is 1.41 bits per heavy atom. The van der Waals surface area contributed by atoms with Crippen molar-refractivity contribution in [3.63, 3.8) is 0 Å². The van der Waals surface area contributed by atoms with Gasteiger partial charge in [-0.2, -0.15) is 0 Å². The fourth-order valence-electron chi connectivity index (χ4n) is 1.21. The van der Waals surface area contributed by atoms with Crippen molar-refractivity contribution in [3.8, 4) is 0 Å². The Bertz CT molecular complexity index is 537. The van der Waals surface area contributed by atoms with E-state index in [4.69, 9.17) is 0 Å². The maximum Gasteiger partial charge on any atom is 0.250 e. The van der Waals surface area contributed by atoms with Crippen molar-refractivity contribution < 1.29 is 9.18 Å². The lowest BCUT2D eigenvalue weighted by molar-refractivity contribution is -0.111. The molecule has 3 nitrogen and oxygen atoms in total. The molecule has 86 valence electrons. The van der Waals surface area contributed by atoms with Crippen LogP contribution in [0.25, 0.3) is 6.08 Å². The van der Waals surface area contributed by atoms with Gasteiger partial charge in [0.1, 0.15) is 5.82 Å². The number of hydrogen-bond donors (Lipinski definition) is 1. The van der Waals surface area contributed by atoms with Crippen LogP contribution in [0.5, 0.6) is 0 Å². The van der Waals surface area contributed by atoms with Gasteiger partial charge in [-0.1, -0.05) is 18.2 Å². The van der Waals surface area contributed by atoms with Crippen LogP contribution < -0.4 is 5.32 Å². The van der Waals surface area contributed by atoms with Gasteiger partial charge < -0.3 is 0 Å².